The van der Waals surface area contributed by atoms with Crippen LogP contribution in [0.2, 0.25) is 0 Å². The molecule has 0 saturated heterocycles. The van der Waals surface area contributed by atoms with Crippen LogP contribution in [0.15, 0.2) is 103 Å². The van der Waals surface area contributed by atoms with Crippen molar-refractivity contribution in [3.05, 3.63) is 114 Å². The van der Waals surface area contributed by atoms with Crippen LogP contribution in [-0.2, 0) is 11.0 Å². The Hall–Kier alpha value is -4.00. The molecule has 0 bridgehead atoms. The van der Waals surface area contributed by atoms with E-state index in [1.54, 1.807) is 0 Å². The van der Waals surface area contributed by atoms with Gasteiger partial charge in [-0.05, 0) is 59.4 Å². The van der Waals surface area contributed by atoms with Crippen molar-refractivity contribution in [2.75, 3.05) is 13.3 Å². The van der Waals surface area contributed by atoms with Crippen LogP contribution in [0.1, 0.15) is 18.1 Å². The van der Waals surface area contributed by atoms with Crippen LogP contribution in [0, 0.1) is 5.92 Å². The zero-order valence-electron chi connectivity index (χ0n) is 22.5. The molecule has 6 aromatic rings. The van der Waals surface area contributed by atoms with Crippen LogP contribution in [0.4, 0.5) is 0 Å². The van der Waals surface area contributed by atoms with Gasteiger partial charge in [0.25, 0.3) is 0 Å². The molecule has 190 valence electrons. The summed E-state index contributed by atoms with van der Waals surface area (Å²) < 4.78 is 12.7. The van der Waals surface area contributed by atoms with Crippen LogP contribution in [0.3, 0.4) is 0 Å². The fourth-order valence-corrected chi connectivity index (χ4v) is 6.90. The van der Waals surface area contributed by atoms with Gasteiger partial charge < -0.3 is 4.57 Å². The van der Waals surface area contributed by atoms with Gasteiger partial charge in [0.2, 0.25) is 0 Å². The van der Waals surface area contributed by atoms with Crippen molar-refractivity contribution in [2.45, 2.75) is 13.3 Å². The van der Waals surface area contributed by atoms with Crippen LogP contribution in [-0.4, -0.2) is 18.3 Å². The number of hydrogen-bond acceptors (Lipinski definition) is 2. The van der Waals surface area contributed by atoms with Crippen molar-refractivity contribution >= 4 is 51.1 Å². The molecule has 1 aromatic heterocycles. The van der Waals surface area contributed by atoms with Gasteiger partial charge in [0.15, 0.2) is 0 Å². The summed E-state index contributed by atoms with van der Waals surface area (Å²) in [6.45, 7) is 5.92. The maximum atomic E-state index is 12.7. The first-order chi connectivity index (χ1) is 18.9. The second-order valence-electron chi connectivity index (χ2n) is 11.2. The Morgan fingerprint density at radius 2 is 1.46 bits per heavy atom. The second kappa shape index (κ2) is 9.04. The number of aromatic nitrogens is 1. The van der Waals surface area contributed by atoms with Crippen molar-refractivity contribution in [2.24, 2.45) is 5.92 Å². The maximum absolute atomic E-state index is 12.7. The monoisotopic (exact) mass is 523 g/mol. The molecule has 7 rings (SSSR count). The highest BCUT2D eigenvalue weighted by Crippen LogP contribution is 2.41. The number of benzene rings is 5. The zero-order chi connectivity index (χ0) is 26.7. The van der Waals surface area contributed by atoms with Gasteiger partial charge in [-0.1, -0.05) is 110 Å². The molecule has 0 fully saturated rings. The van der Waals surface area contributed by atoms with Gasteiger partial charge >= 0.3 is 0 Å². The quantitative estimate of drug-likeness (QED) is 0.131. The fourth-order valence-electron chi connectivity index (χ4n) is 6.01. The molecule has 1 atom stereocenters. The van der Waals surface area contributed by atoms with Gasteiger partial charge in [0.1, 0.15) is 7.14 Å². The van der Waals surface area contributed by atoms with Crippen LogP contribution in [0.5, 0.6) is 0 Å². The summed E-state index contributed by atoms with van der Waals surface area (Å²) in [5, 5.41) is 5.65. The Kier molecular flexibility index (Phi) is 5.58. The minimum atomic E-state index is -2.32. The molecule has 2 nitrogen and oxygen atoms in total. The highest BCUT2D eigenvalue weighted by atomic mass is 31.2. The lowest BCUT2D eigenvalue weighted by atomic mass is 9.86. The van der Waals surface area contributed by atoms with Crippen molar-refractivity contribution in [1.29, 1.82) is 0 Å². The molecule has 1 aliphatic rings. The van der Waals surface area contributed by atoms with Crippen molar-refractivity contribution in [3.8, 4) is 22.3 Å². The summed E-state index contributed by atoms with van der Waals surface area (Å²) >= 11 is 0. The van der Waals surface area contributed by atoms with Gasteiger partial charge in [-0.3, -0.25) is 0 Å². The molecule has 39 heavy (non-hydrogen) atoms. The van der Waals surface area contributed by atoms with E-state index in [4.69, 9.17) is 4.98 Å². The topological polar surface area (TPSA) is 30.0 Å². The summed E-state index contributed by atoms with van der Waals surface area (Å²) in [7, 11) is -2.32. The van der Waals surface area contributed by atoms with Gasteiger partial charge in [-0.15, -0.1) is 0 Å². The SMILES string of the molecule is CC1C=Cc2c(ccc3c(-c4ccc(-c5cccc(P(C)(C)=O)c5)cc4)c4ccc5ccccc5c4nc23)C1. The first-order valence-electron chi connectivity index (χ1n) is 13.6. The number of pyridine rings is 1. The van der Waals surface area contributed by atoms with Crippen molar-refractivity contribution in [3.63, 3.8) is 0 Å². The largest absolute Gasteiger partial charge is 0.319 e. The lowest BCUT2D eigenvalue weighted by Gasteiger charge is -2.20. The fraction of sp³-hybridized carbons (Fsp3) is 0.139. The van der Waals surface area contributed by atoms with Gasteiger partial charge in [0, 0.05) is 32.6 Å². The molecule has 0 N–H and O–H groups in total. The third kappa shape index (κ3) is 4.11. The molecular weight excluding hydrogens is 493 g/mol. The molecule has 5 aromatic carbocycles. The van der Waals surface area contributed by atoms with Crippen LogP contribution in [0.25, 0.3) is 60.9 Å². The molecule has 1 unspecified atom stereocenters. The molecule has 3 heteroatoms. The highest BCUT2D eigenvalue weighted by Gasteiger charge is 2.19. The third-order valence-corrected chi connectivity index (χ3v) is 9.60. The molecule has 0 spiro atoms. The molecular formula is C36H30NOP. The summed E-state index contributed by atoms with van der Waals surface area (Å²) in [5.74, 6) is 0.538. The lowest BCUT2D eigenvalue weighted by molar-refractivity contribution is 0.588. The average molecular weight is 524 g/mol. The van der Waals surface area contributed by atoms with Crippen molar-refractivity contribution < 1.29 is 4.57 Å². The standard InChI is InChI=1S/C36H30NOP/c1-23-11-18-31-28(21-23)17-20-33-34(32-19-16-25-7-4-5-10-30(25)35(32)37-36(31)33)26-14-12-24(13-15-26)27-8-6-9-29(22-27)39(2,3)38/h4-20,22-23H,21H2,1-3H3. The number of hydrogen-bond donors (Lipinski definition) is 0. The summed E-state index contributed by atoms with van der Waals surface area (Å²) in [5.41, 5.74) is 9.36. The smallest absolute Gasteiger partial charge is 0.109 e. The van der Waals surface area contributed by atoms with Crippen LogP contribution >= 0.6 is 7.14 Å². The highest BCUT2D eigenvalue weighted by molar-refractivity contribution is 7.70. The average Bonchev–Trinajstić information content (AvgIpc) is 2.95. The third-order valence-electron chi connectivity index (χ3n) is 8.08. The van der Waals surface area contributed by atoms with Crippen LogP contribution < -0.4 is 5.30 Å². The minimum Gasteiger partial charge on any atom is -0.319 e. The minimum absolute atomic E-state index is 0.538. The van der Waals surface area contributed by atoms with E-state index in [0.29, 0.717) is 5.92 Å². The first-order valence-corrected chi connectivity index (χ1v) is 16.2. The number of fused-ring (bicyclic) bond motifs is 6. The maximum Gasteiger partial charge on any atom is 0.109 e. The Morgan fingerprint density at radius 3 is 2.28 bits per heavy atom. The van der Waals surface area contributed by atoms with E-state index in [9.17, 15) is 4.57 Å². The summed E-state index contributed by atoms with van der Waals surface area (Å²) in [6, 6.07) is 34.5. The summed E-state index contributed by atoms with van der Waals surface area (Å²) in [6.07, 6.45) is 5.63. The molecule has 1 aliphatic carbocycles. The molecule has 0 saturated carbocycles. The Morgan fingerprint density at radius 1 is 0.718 bits per heavy atom. The van der Waals surface area contributed by atoms with Gasteiger partial charge in [0.05, 0.1) is 11.0 Å². The van der Waals surface area contributed by atoms with E-state index in [-0.39, 0.29) is 0 Å². The van der Waals surface area contributed by atoms with E-state index < -0.39 is 7.14 Å². The van der Waals surface area contributed by atoms with E-state index in [0.717, 1.165) is 33.9 Å². The van der Waals surface area contributed by atoms with E-state index in [1.165, 1.54) is 43.8 Å². The zero-order valence-corrected chi connectivity index (χ0v) is 23.4. The number of rotatable bonds is 3. The van der Waals surface area contributed by atoms with Gasteiger partial charge in [-0.25, -0.2) is 4.98 Å². The van der Waals surface area contributed by atoms with Gasteiger partial charge in [-0.2, -0.15) is 0 Å². The second-order valence-corrected chi connectivity index (χ2v) is 14.4. The lowest BCUT2D eigenvalue weighted by Crippen LogP contribution is -2.05. The van der Waals surface area contributed by atoms with E-state index in [1.807, 2.05) is 25.5 Å². The molecule has 0 amide bonds. The Labute approximate surface area is 229 Å². The molecule has 1 heterocycles. The Balaban J connectivity index is 1.48. The predicted octanol–water partition coefficient (Wildman–Crippen LogP) is 9.33. The first kappa shape index (κ1) is 24.1. The Bertz CT molecular complexity index is 2000. The predicted molar refractivity (Wildman–Crippen MR) is 169 cm³/mol. The number of nitrogens with zero attached hydrogens (tertiary/aromatic N) is 1. The molecule has 0 aliphatic heterocycles. The summed E-state index contributed by atoms with van der Waals surface area (Å²) in [4.78, 5) is 5.35. The number of allylic oxidation sites excluding steroid dienone is 1. The van der Waals surface area contributed by atoms with Crippen molar-refractivity contribution in [1.82, 2.24) is 4.98 Å². The van der Waals surface area contributed by atoms with E-state index in [2.05, 4.69) is 104 Å². The van der Waals surface area contributed by atoms with E-state index >= 15 is 0 Å². The normalized spacial score (nSPS) is 15.2. The molecule has 0 radical (unpaired) electrons.